The minimum absolute atomic E-state index is 0.0519. The molecular formula is C19H21NO5. The van der Waals surface area contributed by atoms with Crippen LogP contribution in [0.1, 0.15) is 35.4 Å². The largest absolute Gasteiger partial charge is 0.508 e. The minimum atomic E-state index is -0.864. The number of nitrogens with one attached hydrogen (secondary N) is 1. The highest BCUT2D eigenvalue weighted by Gasteiger charge is 2.24. The first kappa shape index (κ1) is 18.5. The number of hydrogen-bond donors (Lipinski definition) is 3. The number of ether oxygens (including phenoxy) is 1. The summed E-state index contributed by atoms with van der Waals surface area (Å²) in [5, 5.41) is 20.7. The van der Waals surface area contributed by atoms with Crippen LogP contribution in [0.3, 0.4) is 0 Å². The van der Waals surface area contributed by atoms with Gasteiger partial charge in [-0.15, -0.1) is 0 Å². The summed E-state index contributed by atoms with van der Waals surface area (Å²) >= 11 is 0. The van der Waals surface area contributed by atoms with E-state index in [1.54, 1.807) is 42.5 Å². The molecule has 0 bridgehead atoms. The van der Waals surface area contributed by atoms with E-state index in [0.29, 0.717) is 17.5 Å². The van der Waals surface area contributed by atoms with Crippen LogP contribution in [-0.4, -0.2) is 28.8 Å². The van der Waals surface area contributed by atoms with E-state index in [2.05, 4.69) is 5.32 Å². The van der Waals surface area contributed by atoms with Gasteiger partial charge in [0.2, 0.25) is 0 Å². The van der Waals surface area contributed by atoms with Gasteiger partial charge in [0.05, 0.1) is 0 Å². The van der Waals surface area contributed by atoms with Gasteiger partial charge >= 0.3 is 6.09 Å². The van der Waals surface area contributed by atoms with Crippen molar-refractivity contribution in [2.24, 2.45) is 5.92 Å². The summed E-state index contributed by atoms with van der Waals surface area (Å²) in [7, 11) is 0. The van der Waals surface area contributed by atoms with Gasteiger partial charge < -0.3 is 14.9 Å². The smallest absolute Gasteiger partial charge is 0.414 e. The molecule has 0 unspecified atom stereocenters. The van der Waals surface area contributed by atoms with Crippen molar-refractivity contribution < 1.29 is 24.5 Å². The van der Waals surface area contributed by atoms with Crippen LogP contribution in [0.4, 0.5) is 4.79 Å². The standard InChI is InChI=1S/C19H21NO5/c1-13(11-12-21)17(14-7-9-16(22)10-8-14)25-19(24)20-18(23)15-5-3-2-4-6-15/h2-10,13,17,21-22H,11-12H2,1H3,(H,20,23,24)/t13-,17+/m0/s1. The summed E-state index contributed by atoms with van der Waals surface area (Å²) in [6, 6.07) is 14.6. The number of alkyl carbamates (subject to hydrolysis) is 1. The van der Waals surface area contributed by atoms with Gasteiger partial charge in [0.15, 0.2) is 0 Å². The van der Waals surface area contributed by atoms with Crippen molar-refractivity contribution >= 4 is 12.0 Å². The lowest BCUT2D eigenvalue weighted by atomic mass is 9.94. The molecule has 2 aromatic rings. The number of hydrogen-bond acceptors (Lipinski definition) is 5. The Morgan fingerprint density at radius 1 is 1.08 bits per heavy atom. The minimum Gasteiger partial charge on any atom is -0.508 e. The fourth-order valence-corrected chi connectivity index (χ4v) is 2.43. The number of benzene rings is 2. The number of carbonyl (C=O) groups excluding carboxylic acids is 2. The van der Waals surface area contributed by atoms with Crippen molar-refractivity contribution in [2.45, 2.75) is 19.4 Å². The van der Waals surface area contributed by atoms with Crippen LogP contribution in [-0.2, 0) is 4.74 Å². The molecule has 0 radical (unpaired) electrons. The molecule has 2 rings (SSSR count). The molecule has 0 aliphatic carbocycles. The number of aromatic hydroxyl groups is 1. The Balaban J connectivity index is 2.08. The van der Waals surface area contributed by atoms with Crippen molar-refractivity contribution in [1.82, 2.24) is 5.32 Å². The lowest BCUT2D eigenvalue weighted by molar-refractivity contribution is 0.0545. The fraction of sp³-hybridized carbons (Fsp3) is 0.263. The highest BCUT2D eigenvalue weighted by Crippen LogP contribution is 2.29. The second kappa shape index (κ2) is 8.84. The molecule has 25 heavy (non-hydrogen) atoms. The SMILES string of the molecule is C[C@@H](CCO)[C@@H](OC(=O)NC(=O)c1ccccc1)c1ccc(O)cc1. The van der Waals surface area contributed by atoms with Crippen LogP contribution >= 0.6 is 0 Å². The number of aliphatic hydroxyl groups is 1. The summed E-state index contributed by atoms with van der Waals surface area (Å²) < 4.78 is 5.42. The van der Waals surface area contributed by atoms with Crippen LogP contribution in [0.15, 0.2) is 54.6 Å². The average molecular weight is 343 g/mol. The fourth-order valence-electron chi connectivity index (χ4n) is 2.43. The van der Waals surface area contributed by atoms with E-state index < -0.39 is 18.1 Å². The van der Waals surface area contributed by atoms with Gasteiger partial charge in [-0.3, -0.25) is 10.1 Å². The van der Waals surface area contributed by atoms with Crippen molar-refractivity contribution in [3.63, 3.8) is 0 Å². The number of carbonyl (C=O) groups is 2. The van der Waals surface area contributed by atoms with E-state index in [4.69, 9.17) is 9.84 Å². The van der Waals surface area contributed by atoms with E-state index in [0.717, 1.165) is 0 Å². The van der Waals surface area contributed by atoms with Gasteiger partial charge in [-0.05, 0) is 42.2 Å². The monoisotopic (exact) mass is 343 g/mol. The van der Waals surface area contributed by atoms with E-state index in [-0.39, 0.29) is 18.3 Å². The van der Waals surface area contributed by atoms with E-state index in [9.17, 15) is 14.7 Å². The quantitative estimate of drug-likeness (QED) is 0.749. The van der Waals surface area contributed by atoms with Gasteiger partial charge in [0.25, 0.3) is 5.91 Å². The zero-order valence-corrected chi connectivity index (χ0v) is 13.9. The van der Waals surface area contributed by atoms with Crippen molar-refractivity contribution in [2.75, 3.05) is 6.61 Å². The van der Waals surface area contributed by atoms with E-state index in [1.807, 2.05) is 6.92 Å². The molecule has 2 amide bonds. The van der Waals surface area contributed by atoms with Gasteiger partial charge in [-0.1, -0.05) is 37.3 Å². The van der Waals surface area contributed by atoms with Crippen LogP contribution in [0.25, 0.3) is 0 Å². The molecule has 0 aromatic heterocycles. The van der Waals surface area contributed by atoms with Crippen LogP contribution in [0.5, 0.6) is 5.75 Å². The first-order chi connectivity index (χ1) is 12.0. The van der Waals surface area contributed by atoms with Crippen molar-refractivity contribution in [1.29, 1.82) is 0 Å². The molecule has 0 aliphatic rings. The maximum Gasteiger partial charge on any atom is 0.414 e. The van der Waals surface area contributed by atoms with Gasteiger partial charge in [0, 0.05) is 12.2 Å². The Kier molecular flexibility index (Phi) is 6.54. The Morgan fingerprint density at radius 2 is 1.72 bits per heavy atom. The van der Waals surface area contributed by atoms with Crippen LogP contribution in [0, 0.1) is 5.92 Å². The maximum atomic E-state index is 12.1. The summed E-state index contributed by atoms with van der Waals surface area (Å²) in [4.78, 5) is 24.1. The number of phenols is 1. The Morgan fingerprint density at radius 3 is 2.32 bits per heavy atom. The third-order valence-corrected chi connectivity index (χ3v) is 3.81. The molecular weight excluding hydrogens is 322 g/mol. The second-order valence-corrected chi connectivity index (χ2v) is 5.73. The number of amides is 2. The lowest BCUT2D eigenvalue weighted by Crippen LogP contribution is -2.33. The number of imide groups is 1. The molecule has 2 aromatic carbocycles. The molecule has 0 saturated heterocycles. The molecule has 132 valence electrons. The molecule has 0 fully saturated rings. The van der Waals surface area contributed by atoms with Crippen molar-refractivity contribution in [3.05, 3.63) is 65.7 Å². The molecule has 6 nitrogen and oxygen atoms in total. The molecule has 0 spiro atoms. The second-order valence-electron chi connectivity index (χ2n) is 5.73. The number of aliphatic hydroxyl groups excluding tert-OH is 1. The summed E-state index contributed by atoms with van der Waals surface area (Å²) in [6.07, 6.45) is -1.10. The van der Waals surface area contributed by atoms with Gasteiger partial charge in [-0.2, -0.15) is 0 Å². The summed E-state index contributed by atoms with van der Waals surface area (Å²) in [5.41, 5.74) is 1.02. The zero-order chi connectivity index (χ0) is 18.2. The molecule has 0 aliphatic heterocycles. The van der Waals surface area contributed by atoms with Gasteiger partial charge in [0.1, 0.15) is 11.9 Å². The first-order valence-corrected chi connectivity index (χ1v) is 7.98. The molecule has 3 N–H and O–H groups in total. The predicted octanol–water partition coefficient (Wildman–Crippen LogP) is 3.02. The van der Waals surface area contributed by atoms with Crippen LogP contribution in [0.2, 0.25) is 0 Å². The van der Waals surface area contributed by atoms with Crippen molar-refractivity contribution in [3.8, 4) is 5.75 Å². The Bertz CT molecular complexity index is 700. The number of phenolic OH excluding ortho intramolecular Hbond substituents is 1. The third-order valence-electron chi connectivity index (χ3n) is 3.81. The third kappa shape index (κ3) is 5.32. The lowest BCUT2D eigenvalue weighted by Gasteiger charge is -2.24. The maximum absolute atomic E-state index is 12.1. The van der Waals surface area contributed by atoms with Gasteiger partial charge in [-0.25, -0.2) is 4.79 Å². The topological polar surface area (TPSA) is 95.9 Å². The van der Waals surface area contributed by atoms with E-state index in [1.165, 1.54) is 12.1 Å². The molecule has 0 heterocycles. The highest BCUT2D eigenvalue weighted by atomic mass is 16.6. The predicted molar refractivity (Wildman–Crippen MR) is 92.1 cm³/mol. The highest BCUT2D eigenvalue weighted by molar-refractivity contribution is 6.02. The molecule has 0 saturated carbocycles. The molecule has 6 heteroatoms. The Labute approximate surface area is 146 Å². The Hall–Kier alpha value is -2.86. The van der Waals surface area contributed by atoms with E-state index >= 15 is 0 Å². The number of rotatable bonds is 6. The average Bonchev–Trinajstić information content (AvgIpc) is 2.61. The summed E-state index contributed by atoms with van der Waals surface area (Å²) in [6.45, 7) is 1.78. The van der Waals surface area contributed by atoms with Crippen LogP contribution < -0.4 is 5.32 Å². The summed E-state index contributed by atoms with van der Waals surface area (Å²) in [5.74, 6) is -0.627. The first-order valence-electron chi connectivity index (χ1n) is 7.98. The normalized spacial score (nSPS) is 12.9. The molecule has 2 atom stereocenters. The zero-order valence-electron chi connectivity index (χ0n) is 13.9.